The zero-order valence-electron chi connectivity index (χ0n) is 16.6. The zero-order chi connectivity index (χ0) is 21.2. The van der Waals surface area contributed by atoms with Gasteiger partial charge in [0.2, 0.25) is 0 Å². The lowest BCUT2D eigenvalue weighted by molar-refractivity contribution is -0.114. The minimum Gasteiger partial charge on any atom is -0.496 e. The van der Waals surface area contributed by atoms with Crippen LogP contribution in [0.1, 0.15) is 11.1 Å². The average Bonchev–Trinajstić information content (AvgIpc) is 2.75. The van der Waals surface area contributed by atoms with E-state index in [0.29, 0.717) is 34.1 Å². The van der Waals surface area contributed by atoms with E-state index < -0.39 is 16.9 Å². The van der Waals surface area contributed by atoms with Gasteiger partial charge in [-0.25, -0.2) is 4.21 Å². The SMILES string of the molecule is COc1cccc(OC)c1/C=C/C(=O)NS(=O)/C=C/c1c(OC)cccc1OC. The summed E-state index contributed by atoms with van der Waals surface area (Å²) in [4.78, 5) is 12.1. The summed E-state index contributed by atoms with van der Waals surface area (Å²) in [6.07, 6.45) is 4.37. The van der Waals surface area contributed by atoms with E-state index >= 15 is 0 Å². The van der Waals surface area contributed by atoms with Crippen LogP contribution in [0.25, 0.3) is 12.2 Å². The fourth-order valence-corrected chi connectivity index (χ4v) is 3.14. The molecule has 0 bridgehead atoms. The third-order valence-corrected chi connectivity index (χ3v) is 4.68. The number of carbonyl (C=O) groups excluding carboxylic acids is 1. The minimum atomic E-state index is -1.75. The van der Waals surface area contributed by atoms with Crippen molar-refractivity contribution in [1.82, 2.24) is 4.72 Å². The first-order valence-electron chi connectivity index (χ1n) is 8.53. The van der Waals surface area contributed by atoms with Crippen molar-refractivity contribution < 1.29 is 28.0 Å². The van der Waals surface area contributed by atoms with Gasteiger partial charge in [0.15, 0.2) is 0 Å². The second kappa shape index (κ2) is 10.9. The first-order chi connectivity index (χ1) is 14.0. The molecule has 0 heterocycles. The summed E-state index contributed by atoms with van der Waals surface area (Å²) in [5.74, 6) is 1.70. The smallest absolute Gasteiger partial charge is 0.255 e. The number of rotatable bonds is 9. The van der Waals surface area contributed by atoms with Crippen molar-refractivity contribution >= 4 is 29.0 Å². The lowest BCUT2D eigenvalue weighted by atomic mass is 10.1. The molecule has 154 valence electrons. The molecule has 0 spiro atoms. The monoisotopic (exact) mass is 417 g/mol. The second-order valence-corrected chi connectivity index (χ2v) is 6.62. The lowest BCUT2D eigenvalue weighted by Gasteiger charge is -2.09. The van der Waals surface area contributed by atoms with Crippen molar-refractivity contribution in [3.8, 4) is 23.0 Å². The molecule has 7 nitrogen and oxygen atoms in total. The number of nitrogens with one attached hydrogen (secondary N) is 1. The summed E-state index contributed by atoms with van der Waals surface area (Å²) in [6, 6.07) is 10.6. The van der Waals surface area contributed by atoms with Crippen molar-refractivity contribution in [1.29, 1.82) is 0 Å². The van der Waals surface area contributed by atoms with E-state index in [1.165, 1.54) is 46.0 Å². The van der Waals surface area contributed by atoms with Crippen LogP contribution in [0.5, 0.6) is 23.0 Å². The third kappa shape index (κ3) is 5.86. The van der Waals surface area contributed by atoms with Gasteiger partial charge in [-0.1, -0.05) is 12.1 Å². The summed E-state index contributed by atoms with van der Waals surface area (Å²) >= 11 is 0. The summed E-state index contributed by atoms with van der Waals surface area (Å²) in [5.41, 5.74) is 1.22. The molecule has 1 N–H and O–H groups in total. The Morgan fingerprint density at radius 3 is 1.62 bits per heavy atom. The molecule has 0 fully saturated rings. The number of hydrogen-bond donors (Lipinski definition) is 1. The number of benzene rings is 2. The fourth-order valence-electron chi connectivity index (χ4n) is 2.54. The molecule has 0 aliphatic heterocycles. The average molecular weight is 417 g/mol. The predicted molar refractivity (Wildman–Crippen MR) is 113 cm³/mol. The van der Waals surface area contributed by atoms with Crippen LogP contribution in [0.4, 0.5) is 0 Å². The molecule has 2 aromatic rings. The summed E-state index contributed by atoms with van der Waals surface area (Å²) < 4.78 is 35.7. The van der Waals surface area contributed by atoms with Gasteiger partial charge in [-0.3, -0.25) is 9.52 Å². The first kappa shape index (κ1) is 22.0. The molecule has 1 atom stereocenters. The van der Waals surface area contributed by atoms with Gasteiger partial charge < -0.3 is 18.9 Å². The molecule has 1 amide bonds. The molecule has 0 radical (unpaired) electrons. The van der Waals surface area contributed by atoms with E-state index in [-0.39, 0.29) is 0 Å². The van der Waals surface area contributed by atoms with Crippen LogP contribution in [-0.4, -0.2) is 38.6 Å². The van der Waals surface area contributed by atoms with Crippen LogP contribution in [0.3, 0.4) is 0 Å². The molecule has 29 heavy (non-hydrogen) atoms. The van der Waals surface area contributed by atoms with E-state index in [1.807, 2.05) is 0 Å². The maximum Gasteiger partial charge on any atom is 0.255 e. The van der Waals surface area contributed by atoms with Gasteiger partial charge in [0, 0.05) is 11.5 Å². The summed E-state index contributed by atoms with van der Waals surface area (Å²) in [7, 11) is 4.36. The quantitative estimate of drug-likeness (QED) is 0.631. The topological polar surface area (TPSA) is 83.1 Å². The number of methoxy groups -OCH3 is 4. The number of ether oxygens (including phenoxy) is 4. The summed E-state index contributed by atoms with van der Waals surface area (Å²) in [5, 5.41) is 1.34. The maximum atomic E-state index is 12.2. The van der Waals surface area contributed by atoms with Gasteiger partial charge in [-0.05, 0) is 36.4 Å². The van der Waals surface area contributed by atoms with Gasteiger partial charge in [0.25, 0.3) is 5.91 Å². The van der Waals surface area contributed by atoms with Crippen LogP contribution in [0.2, 0.25) is 0 Å². The Kier molecular flexibility index (Phi) is 8.29. The molecule has 8 heteroatoms. The second-order valence-electron chi connectivity index (χ2n) is 5.55. The summed E-state index contributed by atoms with van der Waals surface area (Å²) in [6.45, 7) is 0. The number of amides is 1. The van der Waals surface area contributed by atoms with Crippen LogP contribution >= 0.6 is 0 Å². The molecule has 2 aromatic carbocycles. The van der Waals surface area contributed by atoms with Gasteiger partial charge in [0.1, 0.15) is 34.0 Å². The van der Waals surface area contributed by atoms with Crippen molar-refractivity contribution in [3.63, 3.8) is 0 Å². The van der Waals surface area contributed by atoms with E-state index in [1.54, 1.807) is 42.5 Å². The molecule has 1 unspecified atom stereocenters. The van der Waals surface area contributed by atoms with E-state index in [0.717, 1.165) is 0 Å². The zero-order valence-corrected chi connectivity index (χ0v) is 17.4. The molecule has 2 rings (SSSR count). The maximum absolute atomic E-state index is 12.2. The van der Waals surface area contributed by atoms with Gasteiger partial charge >= 0.3 is 0 Å². The number of carbonyl (C=O) groups is 1. The number of hydrogen-bond acceptors (Lipinski definition) is 6. The lowest BCUT2D eigenvalue weighted by Crippen LogP contribution is -2.21. The van der Waals surface area contributed by atoms with Crippen molar-refractivity contribution in [2.75, 3.05) is 28.4 Å². The Morgan fingerprint density at radius 1 is 0.793 bits per heavy atom. The van der Waals surface area contributed by atoms with Crippen LogP contribution in [0.15, 0.2) is 47.9 Å². The Bertz CT molecular complexity index is 819. The molecule has 0 saturated heterocycles. The van der Waals surface area contributed by atoms with E-state index in [4.69, 9.17) is 18.9 Å². The van der Waals surface area contributed by atoms with Crippen LogP contribution < -0.4 is 23.7 Å². The first-order valence-corrected chi connectivity index (χ1v) is 9.74. The van der Waals surface area contributed by atoms with E-state index in [9.17, 15) is 9.00 Å². The fraction of sp³-hybridized carbons (Fsp3) is 0.190. The van der Waals surface area contributed by atoms with Crippen LogP contribution in [0, 0.1) is 0 Å². The minimum absolute atomic E-state index is 0.534. The van der Waals surface area contributed by atoms with Gasteiger partial charge in [-0.2, -0.15) is 0 Å². The van der Waals surface area contributed by atoms with Crippen molar-refractivity contribution in [2.45, 2.75) is 0 Å². The molecular weight excluding hydrogens is 394 g/mol. The largest absolute Gasteiger partial charge is 0.496 e. The van der Waals surface area contributed by atoms with Crippen molar-refractivity contribution in [3.05, 3.63) is 59.0 Å². The molecule has 0 saturated carbocycles. The Balaban J connectivity index is 2.10. The molecule has 0 aliphatic rings. The highest BCUT2D eigenvalue weighted by Gasteiger charge is 2.09. The van der Waals surface area contributed by atoms with Crippen LogP contribution in [-0.2, 0) is 15.8 Å². The third-order valence-electron chi connectivity index (χ3n) is 3.89. The standard InChI is InChI=1S/C21H23NO6S/c1-25-17-7-5-8-18(26-2)15(17)11-12-21(23)22-29(24)14-13-16-19(27-3)9-6-10-20(16)28-4/h5-14H,1-4H3,(H,22,23)/b12-11+,14-13+. The molecular formula is C21H23NO6S. The highest BCUT2D eigenvalue weighted by atomic mass is 32.2. The normalized spacial score (nSPS) is 12.0. The Hall–Kier alpha value is -3.26. The highest BCUT2D eigenvalue weighted by Crippen LogP contribution is 2.30. The Labute approximate surface area is 172 Å². The van der Waals surface area contributed by atoms with Gasteiger partial charge in [0.05, 0.1) is 39.6 Å². The molecule has 0 aliphatic carbocycles. The van der Waals surface area contributed by atoms with Crippen molar-refractivity contribution in [2.24, 2.45) is 0 Å². The Morgan fingerprint density at radius 2 is 1.21 bits per heavy atom. The van der Waals surface area contributed by atoms with E-state index in [2.05, 4.69) is 4.72 Å². The highest BCUT2D eigenvalue weighted by molar-refractivity contribution is 7.86. The van der Waals surface area contributed by atoms with Gasteiger partial charge in [-0.15, -0.1) is 0 Å². The predicted octanol–water partition coefficient (Wildman–Crippen LogP) is 3.19. The molecule has 0 aromatic heterocycles.